The number of carbonyl (C=O) groups is 1. The summed E-state index contributed by atoms with van der Waals surface area (Å²) in [5, 5.41) is 14.0. The average molecular weight is 376 g/mol. The Morgan fingerprint density at radius 3 is 2.43 bits per heavy atom. The number of hydrogen-bond acceptors (Lipinski definition) is 5. The minimum Gasteiger partial charge on any atom is -0.322 e. The van der Waals surface area contributed by atoms with Gasteiger partial charge in [0.05, 0.1) is 5.69 Å². The molecule has 0 saturated carbocycles. The van der Waals surface area contributed by atoms with E-state index in [4.69, 9.17) is 0 Å². The van der Waals surface area contributed by atoms with Gasteiger partial charge in [0.2, 0.25) is 0 Å². The molecule has 144 valence electrons. The zero-order chi connectivity index (χ0) is 19.3. The molecule has 7 nitrogen and oxygen atoms in total. The second-order valence-electron chi connectivity index (χ2n) is 7.41. The number of rotatable bonds is 5. The summed E-state index contributed by atoms with van der Waals surface area (Å²) in [7, 11) is 0. The highest BCUT2D eigenvalue weighted by Gasteiger charge is 2.15. The number of tetrazole rings is 1. The van der Waals surface area contributed by atoms with Gasteiger partial charge in [-0.15, -0.1) is 5.10 Å². The standard InChI is InChI=1S/C21H24N6O/c1-16-10-12-26(13-11-16)14-17-2-6-19(7-3-17)23-21(28)18-4-8-20(9-5-18)27-15-22-24-25-27/h2-9,15-16H,10-14H2,1H3,(H,23,28). The fourth-order valence-electron chi connectivity index (χ4n) is 3.42. The van der Waals surface area contributed by atoms with Gasteiger partial charge in [0, 0.05) is 17.8 Å². The molecule has 1 aliphatic heterocycles. The van der Waals surface area contributed by atoms with Gasteiger partial charge in [0.25, 0.3) is 5.91 Å². The van der Waals surface area contributed by atoms with Crippen LogP contribution in [-0.2, 0) is 6.54 Å². The van der Waals surface area contributed by atoms with E-state index in [9.17, 15) is 4.79 Å². The number of carbonyl (C=O) groups excluding carboxylic acids is 1. The lowest BCUT2D eigenvalue weighted by Gasteiger charge is -2.30. The smallest absolute Gasteiger partial charge is 0.255 e. The van der Waals surface area contributed by atoms with Gasteiger partial charge in [0.15, 0.2) is 0 Å². The second-order valence-corrected chi connectivity index (χ2v) is 7.41. The number of benzene rings is 2. The first kappa shape index (κ1) is 18.3. The van der Waals surface area contributed by atoms with Crippen LogP contribution >= 0.6 is 0 Å². The van der Waals surface area contributed by atoms with Crippen molar-refractivity contribution in [1.29, 1.82) is 0 Å². The number of piperidine rings is 1. The van der Waals surface area contributed by atoms with Gasteiger partial charge in [-0.1, -0.05) is 19.1 Å². The molecule has 4 rings (SSSR count). The van der Waals surface area contributed by atoms with E-state index in [1.165, 1.54) is 37.8 Å². The molecule has 7 heteroatoms. The number of likely N-dealkylation sites (tertiary alicyclic amines) is 1. The largest absolute Gasteiger partial charge is 0.322 e. The number of amides is 1. The van der Waals surface area contributed by atoms with Crippen molar-refractivity contribution in [3.63, 3.8) is 0 Å². The van der Waals surface area contributed by atoms with Crippen LogP contribution in [0.25, 0.3) is 5.69 Å². The summed E-state index contributed by atoms with van der Waals surface area (Å²) in [6, 6.07) is 15.3. The van der Waals surface area contributed by atoms with E-state index >= 15 is 0 Å². The number of anilines is 1. The molecule has 1 amide bonds. The molecule has 1 saturated heterocycles. The van der Waals surface area contributed by atoms with Crippen LogP contribution in [0.2, 0.25) is 0 Å². The van der Waals surface area contributed by atoms with Crippen molar-refractivity contribution in [2.75, 3.05) is 18.4 Å². The van der Waals surface area contributed by atoms with E-state index < -0.39 is 0 Å². The summed E-state index contributed by atoms with van der Waals surface area (Å²) < 4.78 is 1.55. The molecule has 1 aromatic heterocycles. The van der Waals surface area contributed by atoms with E-state index in [0.29, 0.717) is 5.56 Å². The highest BCUT2D eigenvalue weighted by atomic mass is 16.1. The Balaban J connectivity index is 1.34. The van der Waals surface area contributed by atoms with Gasteiger partial charge in [0.1, 0.15) is 6.33 Å². The van der Waals surface area contributed by atoms with E-state index in [2.05, 4.69) is 44.8 Å². The van der Waals surface area contributed by atoms with Gasteiger partial charge in [-0.2, -0.15) is 0 Å². The lowest BCUT2D eigenvalue weighted by molar-refractivity contribution is 0.102. The first-order valence-electron chi connectivity index (χ1n) is 9.63. The van der Waals surface area contributed by atoms with Gasteiger partial charge >= 0.3 is 0 Å². The highest BCUT2D eigenvalue weighted by Crippen LogP contribution is 2.19. The molecule has 0 bridgehead atoms. The SMILES string of the molecule is CC1CCN(Cc2ccc(NC(=O)c3ccc(-n4cnnn4)cc3)cc2)CC1. The van der Waals surface area contributed by atoms with Gasteiger partial charge < -0.3 is 5.32 Å². The van der Waals surface area contributed by atoms with Crippen LogP contribution in [0.5, 0.6) is 0 Å². The summed E-state index contributed by atoms with van der Waals surface area (Å²) in [5.74, 6) is 0.705. The first-order valence-corrected chi connectivity index (χ1v) is 9.63. The zero-order valence-corrected chi connectivity index (χ0v) is 16.0. The van der Waals surface area contributed by atoms with Crippen molar-refractivity contribution in [1.82, 2.24) is 25.1 Å². The quantitative estimate of drug-likeness (QED) is 0.740. The first-order chi connectivity index (χ1) is 13.7. The summed E-state index contributed by atoms with van der Waals surface area (Å²) >= 11 is 0. The minimum atomic E-state index is -0.138. The molecule has 0 unspecified atom stereocenters. The highest BCUT2D eigenvalue weighted by molar-refractivity contribution is 6.04. The Bertz CT molecular complexity index is 897. The van der Waals surface area contributed by atoms with E-state index in [-0.39, 0.29) is 5.91 Å². The predicted octanol–water partition coefficient (Wildman–Crippen LogP) is 3.15. The Morgan fingerprint density at radius 1 is 1.07 bits per heavy atom. The monoisotopic (exact) mass is 376 g/mol. The number of nitrogens with one attached hydrogen (secondary N) is 1. The van der Waals surface area contributed by atoms with Crippen molar-refractivity contribution >= 4 is 11.6 Å². The Morgan fingerprint density at radius 2 is 1.79 bits per heavy atom. The van der Waals surface area contributed by atoms with Crippen LogP contribution < -0.4 is 5.32 Å². The van der Waals surface area contributed by atoms with E-state index in [1.54, 1.807) is 16.8 Å². The molecule has 0 aliphatic carbocycles. The molecule has 0 spiro atoms. The molecule has 0 atom stereocenters. The summed E-state index contributed by atoms with van der Waals surface area (Å²) in [6.07, 6.45) is 4.07. The topological polar surface area (TPSA) is 75.9 Å². The van der Waals surface area contributed by atoms with Crippen molar-refractivity contribution in [3.05, 3.63) is 66.0 Å². The van der Waals surface area contributed by atoms with Crippen molar-refractivity contribution in [2.45, 2.75) is 26.3 Å². The second kappa shape index (κ2) is 8.31. The van der Waals surface area contributed by atoms with Crippen LogP contribution in [0, 0.1) is 5.92 Å². The number of nitrogens with zero attached hydrogens (tertiary/aromatic N) is 5. The third-order valence-electron chi connectivity index (χ3n) is 5.24. The normalized spacial score (nSPS) is 15.5. The molecule has 3 aromatic rings. The van der Waals surface area contributed by atoms with E-state index in [0.717, 1.165) is 23.8 Å². The molecule has 1 aliphatic rings. The fraction of sp³-hybridized carbons (Fsp3) is 0.333. The predicted molar refractivity (Wildman–Crippen MR) is 107 cm³/mol. The van der Waals surface area contributed by atoms with Gasteiger partial charge in [-0.3, -0.25) is 9.69 Å². The van der Waals surface area contributed by atoms with Crippen molar-refractivity contribution < 1.29 is 4.79 Å². The molecular formula is C21H24N6O. The molecular weight excluding hydrogens is 352 g/mol. The lowest BCUT2D eigenvalue weighted by Crippen LogP contribution is -2.32. The van der Waals surface area contributed by atoms with Gasteiger partial charge in [-0.05, 0) is 84.2 Å². The van der Waals surface area contributed by atoms with Crippen LogP contribution in [-0.4, -0.2) is 44.1 Å². The van der Waals surface area contributed by atoms with Crippen molar-refractivity contribution in [3.8, 4) is 5.69 Å². The molecule has 1 N–H and O–H groups in total. The fourth-order valence-corrected chi connectivity index (χ4v) is 3.42. The third-order valence-corrected chi connectivity index (χ3v) is 5.24. The zero-order valence-electron chi connectivity index (χ0n) is 16.0. The maximum absolute atomic E-state index is 12.5. The van der Waals surface area contributed by atoms with Crippen molar-refractivity contribution in [2.24, 2.45) is 5.92 Å². The van der Waals surface area contributed by atoms with Crippen LogP contribution in [0.1, 0.15) is 35.7 Å². The lowest BCUT2D eigenvalue weighted by atomic mass is 9.99. The Labute approximate surface area is 164 Å². The minimum absolute atomic E-state index is 0.138. The summed E-state index contributed by atoms with van der Waals surface area (Å²) in [5.41, 5.74) is 3.46. The maximum Gasteiger partial charge on any atom is 0.255 e. The van der Waals surface area contributed by atoms with Crippen LogP contribution in [0.3, 0.4) is 0 Å². The maximum atomic E-state index is 12.5. The van der Waals surface area contributed by atoms with Crippen LogP contribution in [0.15, 0.2) is 54.9 Å². The number of hydrogen-bond donors (Lipinski definition) is 1. The molecule has 2 heterocycles. The molecule has 2 aromatic carbocycles. The number of aromatic nitrogens is 4. The molecule has 28 heavy (non-hydrogen) atoms. The Hall–Kier alpha value is -3.06. The summed E-state index contributed by atoms with van der Waals surface area (Å²) in [4.78, 5) is 15.0. The average Bonchev–Trinajstić information content (AvgIpc) is 3.26. The summed E-state index contributed by atoms with van der Waals surface area (Å²) in [6.45, 7) is 5.63. The third kappa shape index (κ3) is 4.43. The Kier molecular flexibility index (Phi) is 5.43. The van der Waals surface area contributed by atoms with E-state index in [1.807, 2.05) is 24.3 Å². The molecule has 0 radical (unpaired) electrons. The molecule has 1 fully saturated rings. The van der Waals surface area contributed by atoms with Gasteiger partial charge in [-0.25, -0.2) is 4.68 Å². The van der Waals surface area contributed by atoms with Crippen LogP contribution in [0.4, 0.5) is 5.69 Å².